The van der Waals surface area contributed by atoms with E-state index in [1.807, 2.05) is 37.3 Å². The number of nitrogens with one attached hydrogen (secondary N) is 2. The lowest BCUT2D eigenvalue weighted by molar-refractivity contribution is 0.340. The molecular formula is C12H12N6O. The zero-order valence-electron chi connectivity index (χ0n) is 10.3. The monoisotopic (exact) mass is 256 g/mol. The van der Waals surface area contributed by atoms with Crippen LogP contribution in [0.3, 0.4) is 0 Å². The third-order valence-corrected chi connectivity index (χ3v) is 2.23. The Balaban J connectivity index is 2.13. The molecular weight excluding hydrogens is 244 g/mol. The standard InChI is InChI=1S/C12H12N6O/c1-2-19-11-5-3-4-10(6-11)14-8-9(7-13)12-15-17-18-16-12/h3-6,8,14H,2H2,1H3,(H,15,16,17,18). The third-order valence-electron chi connectivity index (χ3n) is 2.23. The predicted molar refractivity (Wildman–Crippen MR) is 69.0 cm³/mol. The minimum atomic E-state index is 0.246. The maximum absolute atomic E-state index is 9.01. The van der Waals surface area contributed by atoms with Crippen LogP contribution in [0.2, 0.25) is 0 Å². The number of ether oxygens (including phenoxy) is 1. The van der Waals surface area contributed by atoms with E-state index in [0.29, 0.717) is 6.61 Å². The molecule has 0 amide bonds. The number of anilines is 1. The van der Waals surface area contributed by atoms with Gasteiger partial charge in [0.15, 0.2) is 0 Å². The first-order valence-electron chi connectivity index (χ1n) is 5.67. The van der Waals surface area contributed by atoms with Crippen molar-refractivity contribution in [3.05, 3.63) is 36.3 Å². The van der Waals surface area contributed by atoms with E-state index in [2.05, 4.69) is 25.9 Å². The Hall–Kier alpha value is -2.88. The van der Waals surface area contributed by atoms with Gasteiger partial charge in [-0.05, 0) is 24.3 Å². The Bertz CT molecular complexity index is 599. The average Bonchev–Trinajstić information content (AvgIpc) is 2.94. The van der Waals surface area contributed by atoms with Gasteiger partial charge in [0.1, 0.15) is 17.4 Å². The van der Waals surface area contributed by atoms with Crippen LogP contribution in [0.4, 0.5) is 5.69 Å². The Morgan fingerprint density at radius 2 is 2.47 bits per heavy atom. The Morgan fingerprint density at radius 1 is 1.58 bits per heavy atom. The number of aromatic nitrogens is 4. The Morgan fingerprint density at radius 3 is 3.16 bits per heavy atom. The molecule has 0 aliphatic carbocycles. The number of H-pyrrole nitrogens is 1. The van der Waals surface area contributed by atoms with Gasteiger partial charge in [-0.1, -0.05) is 6.07 Å². The summed E-state index contributed by atoms with van der Waals surface area (Å²) in [6.07, 6.45) is 1.52. The van der Waals surface area contributed by atoms with Crippen molar-refractivity contribution in [2.75, 3.05) is 11.9 Å². The molecule has 7 heteroatoms. The first kappa shape index (κ1) is 12.6. The summed E-state index contributed by atoms with van der Waals surface area (Å²) in [6, 6.07) is 9.43. The lowest BCUT2D eigenvalue weighted by atomic mass is 10.2. The molecule has 96 valence electrons. The highest BCUT2D eigenvalue weighted by Gasteiger charge is 2.05. The van der Waals surface area contributed by atoms with Crippen LogP contribution in [0.1, 0.15) is 12.7 Å². The SMILES string of the molecule is CCOc1cccc(NC=C(C#N)c2nn[nH]n2)c1. The van der Waals surface area contributed by atoms with E-state index in [1.54, 1.807) is 0 Å². The number of nitriles is 1. The minimum Gasteiger partial charge on any atom is -0.494 e. The van der Waals surface area contributed by atoms with Crippen molar-refractivity contribution in [1.29, 1.82) is 5.26 Å². The van der Waals surface area contributed by atoms with Gasteiger partial charge < -0.3 is 10.1 Å². The van der Waals surface area contributed by atoms with Gasteiger partial charge in [0.2, 0.25) is 5.82 Å². The van der Waals surface area contributed by atoms with Gasteiger partial charge in [-0.3, -0.25) is 0 Å². The van der Waals surface area contributed by atoms with Gasteiger partial charge in [0.25, 0.3) is 0 Å². The van der Waals surface area contributed by atoms with E-state index in [4.69, 9.17) is 10.00 Å². The van der Waals surface area contributed by atoms with E-state index in [9.17, 15) is 0 Å². The normalized spacial score (nSPS) is 10.8. The molecule has 1 aromatic heterocycles. The molecule has 0 bridgehead atoms. The van der Waals surface area contributed by atoms with Gasteiger partial charge in [-0.25, -0.2) is 0 Å². The molecule has 1 heterocycles. The molecule has 0 saturated heterocycles. The largest absolute Gasteiger partial charge is 0.494 e. The summed E-state index contributed by atoms with van der Waals surface area (Å²) >= 11 is 0. The van der Waals surface area contributed by atoms with Crippen LogP contribution >= 0.6 is 0 Å². The molecule has 0 aliphatic heterocycles. The summed E-state index contributed by atoms with van der Waals surface area (Å²) in [5.74, 6) is 1.01. The quantitative estimate of drug-likeness (QED) is 0.788. The van der Waals surface area contributed by atoms with Crippen molar-refractivity contribution >= 4 is 11.3 Å². The predicted octanol–water partition coefficient (Wildman–Crippen LogP) is 1.57. The van der Waals surface area contributed by atoms with E-state index in [0.717, 1.165) is 11.4 Å². The average molecular weight is 256 g/mol. The van der Waals surface area contributed by atoms with E-state index in [1.165, 1.54) is 6.20 Å². The number of nitrogens with zero attached hydrogens (tertiary/aromatic N) is 4. The highest BCUT2D eigenvalue weighted by molar-refractivity contribution is 5.74. The molecule has 0 fully saturated rings. The molecule has 2 aromatic rings. The first-order chi connectivity index (χ1) is 9.33. The van der Waals surface area contributed by atoms with Crippen LogP contribution in [0.15, 0.2) is 30.5 Å². The molecule has 0 saturated carbocycles. The molecule has 0 radical (unpaired) electrons. The highest BCUT2D eigenvalue weighted by Crippen LogP contribution is 2.18. The second-order valence-corrected chi connectivity index (χ2v) is 3.51. The van der Waals surface area contributed by atoms with E-state index >= 15 is 0 Å². The van der Waals surface area contributed by atoms with E-state index < -0.39 is 0 Å². The third kappa shape index (κ3) is 3.29. The zero-order chi connectivity index (χ0) is 13.5. The van der Waals surface area contributed by atoms with Crippen molar-refractivity contribution in [1.82, 2.24) is 20.6 Å². The molecule has 7 nitrogen and oxygen atoms in total. The fourth-order valence-electron chi connectivity index (χ4n) is 1.42. The first-order valence-corrected chi connectivity index (χ1v) is 5.67. The maximum Gasteiger partial charge on any atom is 0.216 e. The number of allylic oxidation sites excluding steroid dienone is 1. The van der Waals surface area contributed by atoms with Gasteiger partial charge in [0.05, 0.1) is 6.61 Å². The Labute approximate surface area is 109 Å². The second kappa shape index (κ2) is 6.16. The van der Waals surface area contributed by atoms with Gasteiger partial charge in [-0.2, -0.15) is 10.5 Å². The maximum atomic E-state index is 9.01. The fraction of sp³-hybridized carbons (Fsp3) is 0.167. The van der Waals surface area contributed by atoms with E-state index in [-0.39, 0.29) is 11.4 Å². The molecule has 0 unspecified atom stereocenters. The van der Waals surface area contributed by atoms with Crippen molar-refractivity contribution in [3.8, 4) is 11.8 Å². The molecule has 0 aliphatic rings. The van der Waals surface area contributed by atoms with Gasteiger partial charge in [0, 0.05) is 18.0 Å². The molecule has 0 atom stereocenters. The summed E-state index contributed by atoms with van der Waals surface area (Å²) in [5, 5.41) is 25.2. The summed E-state index contributed by atoms with van der Waals surface area (Å²) in [4.78, 5) is 0. The molecule has 0 spiro atoms. The van der Waals surface area contributed by atoms with Crippen LogP contribution in [0.25, 0.3) is 5.57 Å². The summed E-state index contributed by atoms with van der Waals surface area (Å²) in [7, 11) is 0. The molecule has 1 aromatic carbocycles. The zero-order valence-corrected chi connectivity index (χ0v) is 10.3. The van der Waals surface area contributed by atoms with Crippen molar-refractivity contribution in [3.63, 3.8) is 0 Å². The lowest BCUT2D eigenvalue weighted by Crippen LogP contribution is -1.95. The van der Waals surface area contributed by atoms with Crippen molar-refractivity contribution < 1.29 is 4.74 Å². The molecule has 2 rings (SSSR count). The number of hydrogen-bond donors (Lipinski definition) is 2. The summed E-state index contributed by atoms with van der Waals surface area (Å²) < 4.78 is 5.39. The van der Waals surface area contributed by atoms with Crippen LogP contribution in [-0.2, 0) is 0 Å². The van der Waals surface area contributed by atoms with Crippen molar-refractivity contribution in [2.24, 2.45) is 0 Å². The van der Waals surface area contributed by atoms with Crippen LogP contribution in [0, 0.1) is 11.3 Å². The topological polar surface area (TPSA) is 99.5 Å². The number of tetrazole rings is 1. The number of benzene rings is 1. The van der Waals surface area contributed by atoms with Gasteiger partial charge in [-0.15, -0.1) is 10.2 Å². The second-order valence-electron chi connectivity index (χ2n) is 3.51. The van der Waals surface area contributed by atoms with Crippen LogP contribution in [-0.4, -0.2) is 27.2 Å². The van der Waals surface area contributed by atoms with Crippen LogP contribution < -0.4 is 10.1 Å². The molecule has 19 heavy (non-hydrogen) atoms. The van der Waals surface area contributed by atoms with Gasteiger partial charge >= 0.3 is 0 Å². The van der Waals surface area contributed by atoms with Crippen LogP contribution in [0.5, 0.6) is 5.75 Å². The molecule has 2 N–H and O–H groups in total. The Kier molecular flexibility index (Phi) is 4.08. The summed E-state index contributed by atoms with van der Waals surface area (Å²) in [5.41, 5.74) is 1.10. The van der Waals surface area contributed by atoms with Crippen molar-refractivity contribution in [2.45, 2.75) is 6.92 Å². The lowest BCUT2D eigenvalue weighted by Gasteiger charge is -2.05. The minimum absolute atomic E-state index is 0.246. The highest BCUT2D eigenvalue weighted by atomic mass is 16.5. The smallest absolute Gasteiger partial charge is 0.216 e. The fourth-order valence-corrected chi connectivity index (χ4v) is 1.42. The summed E-state index contributed by atoms with van der Waals surface area (Å²) in [6.45, 7) is 2.52. The number of rotatable bonds is 5. The number of aromatic amines is 1. The number of hydrogen-bond acceptors (Lipinski definition) is 6.